The summed E-state index contributed by atoms with van der Waals surface area (Å²) >= 11 is 0. The molecule has 0 aliphatic carbocycles. The summed E-state index contributed by atoms with van der Waals surface area (Å²) in [6, 6.07) is 12.3. The summed E-state index contributed by atoms with van der Waals surface area (Å²) in [5.74, 6) is 1.05. The van der Waals surface area contributed by atoms with Crippen molar-refractivity contribution in [2.24, 2.45) is 5.92 Å². The molecule has 0 aliphatic heterocycles. The first-order chi connectivity index (χ1) is 14.4. The van der Waals surface area contributed by atoms with Gasteiger partial charge in [-0.25, -0.2) is 4.79 Å². The minimum absolute atomic E-state index is 0.253. The highest BCUT2D eigenvalue weighted by Gasteiger charge is 2.12. The highest BCUT2D eigenvalue weighted by Crippen LogP contribution is 2.29. The maximum atomic E-state index is 12.6. The largest absolute Gasteiger partial charge is 0.493 e. The second-order valence-electron chi connectivity index (χ2n) is 7.06. The molecule has 1 amide bonds. The van der Waals surface area contributed by atoms with Crippen LogP contribution < -0.4 is 14.8 Å². The molecule has 0 bridgehead atoms. The number of hydrogen-bond acceptors (Lipinski definition) is 5. The van der Waals surface area contributed by atoms with Gasteiger partial charge in [0.1, 0.15) is 0 Å². The Bertz CT molecular complexity index is 872. The van der Waals surface area contributed by atoms with Gasteiger partial charge in [-0.05, 0) is 61.2 Å². The fourth-order valence-corrected chi connectivity index (χ4v) is 2.57. The Morgan fingerprint density at radius 3 is 2.43 bits per heavy atom. The van der Waals surface area contributed by atoms with E-state index >= 15 is 0 Å². The predicted octanol–water partition coefficient (Wildman–Crippen LogP) is 4.95. The SMILES string of the molecule is CCOC(=O)C=Cc1ccc(NC(=O)c2ccc(OCCC(C)C)c(OC)c2)cc1. The molecular formula is C24H29NO5. The number of hydrogen-bond donors (Lipinski definition) is 1. The molecule has 30 heavy (non-hydrogen) atoms. The summed E-state index contributed by atoms with van der Waals surface area (Å²) in [4.78, 5) is 24.0. The van der Waals surface area contributed by atoms with Crippen LogP contribution in [0.4, 0.5) is 5.69 Å². The molecule has 0 aliphatic rings. The highest BCUT2D eigenvalue weighted by molar-refractivity contribution is 6.04. The standard InChI is InChI=1S/C24H29NO5/c1-5-29-23(26)13-8-18-6-10-20(11-7-18)25-24(27)19-9-12-21(22(16-19)28-4)30-15-14-17(2)3/h6-13,16-17H,5,14-15H2,1-4H3,(H,25,27). The van der Waals surface area contributed by atoms with E-state index < -0.39 is 0 Å². The Labute approximate surface area is 177 Å². The van der Waals surface area contributed by atoms with Gasteiger partial charge in [0.25, 0.3) is 5.91 Å². The fourth-order valence-electron chi connectivity index (χ4n) is 2.57. The second kappa shape index (κ2) is 11.7. The number of rotatable bonds is 10. The Morgan fingerprint density at radius 2 is 1.80 bits per heavy atom. The van der Waals surface area contributed by atoms with Crippen LogP contribution >= 0.6 is 0 Å². The molecule has 0 aromatic heterocycles. The lowest BCUT2D eigenvalue weighted by atomic mass is 10.1. The van der Waals surface area contributed by atoms with Crippen molar-refractivity contribution in [3.63, 3.8) is 0 Å². The van der Waals surface area contributed by atoms with Crippen LogP contribution in [-0.2, 0) is 9.53 Å². The van der Waals surface area contributed by atoms with Crippen LogP contribution in [0.3, 0.4) is 0 Å². The molecule has 0 atom stereocenters. The third-order valence-corrected chi connectivity index (χ3v) is 4.25. The van der Waals surface area contributed by atoms with Gasteiger partial charge in [0, 0.05) is 17.3 Å². The van der Waals surface area contributed by atoms with Gasteiger partial charge < -0.3 is 19.5 Å². The van der Waals surface area contributed by atoms with Crippen LogP contribution in [-0.4, -0.2) is 32.2 Å². The van der Waals surface area contributed by atoms with E-state index in [1.807, 2.05) is 0 Å². The van der Waals surface area contributed by atoms with Gasteiger partial charge in [0.15, 0.2) is 11.5 Å². The number of benzene rings is 2. The van der Waals surface area contributed by atoms with Crippen molar-refractivity contribution in [1.82, 2.24) is 0 Å². The summed E-state index contributed by atoms with van der Waals surface area (Å²) in [6.45, 7) is 6.96. The zero-order chi connectivity index (χ0) is 21.9. The first kappa shape index (κ1) is 23.0. The number of anilines is 1. The summed E-state index contributed by atoms with van der Waals surface area (Å²) in [5, 5.41) is 2.85. The zero-order valence-electron chi connectivity index (χ0n) is 17.9. The van der Waals surface area contributed by atoms with Crippen LogP contribution in [0, 0.1) is 5.92 Å². The minimum Gasteiger partial charge on any atom is -0.493 e. The average Bonchev–Trinajstić information content (AvgIpc) is 2.73. The van der Waals surface area contributed by atoms with Crippen molar-refractivity contribution < 1.29 is 23.8 Å². The van der Waals surface area contributed by atoms with Gasteiger partial charge >= 0.3 is 5.97 Å². The predicted molar refractivity (Wildman–Crippen MR) is 118 cm³/mol. The van der Waals surface area contributed by atoms with Crippen molar-refractivity contribution in [3.8, 4) is 11.5 Å². The van der Waals surface area contributed by atoms with Gasteiger partial charge in [-0.15, -0.1) is 0 Å². The number of esters is 1. The van der Waals surface area contributed by atoms with Crippen molar-refractivity contribution in [1.29, 1.82) is 0 Å². The maximum Gasteiger partial charge on any atom is 0.330 e. The molecule has 160 valence electrons. The molecule has 6 heteroatoms. The smallest absolute Gasteiger partial charge is 0.330 e. The van der Waals surface area contributed by atoms with E-state index in [-0.39, 0.29) is 11.9 Å². The van der Waals surface area contributed by atoms with Gasteiger partial charge in [0.05, 0.1) is 20.3 Å². The summed E-state index contributed by atoms with van der Waals surface area (Å²) in [5.41, 5.74) is 1.93. The van der Waals surface area contributed by atoms with Crippen molar-refractivity contribution >= 4 is 23.6 Å². The monoisotopic (exact) mass is 411 g/mol. The molecule has 0 unspecified atom stereocenters. The second-order valence-corrected chi connectivity index (χ2v) is 7.06. The van der Waals surface area contributed by atoms with Gasteiger partial charge in [-0.3, -0.25) is 4.79 Å². The van der Waals surface area contributed by atoms with E-state index in [4.69, 9.17) is 14.2 Å². The van der Waals surface area contributed by atoms with E-state index in [0.29, 0.717) is 41.9 Å². The summed E-state index contributed by atoms with van der Waals surface area (Å²) < 4.78 is 16.0. The quantitative estimate of drug-likeness (QED) is 0.442. The number of methoxy groups -OCH3 is 1. The Morgan fingerprint density at radius 1 is 1.07 bits per heavy atom. The van der Waals surface area contributed by atoms with Crippen molar-refractivity contribution in [2.75, 3.05) is 25.6 Å². The van der Waals surface area contributed by atoms with Gasteiger partial charge in [0.2, 0.25) is 0 Å². The molecule has 2 aromatic rings. The minimum atomic E-state index is -0.388. The molecular weight excluding hydrogens is 382 g/mol. The van der Waals surface area contributed by atoms with Crippen molar-refractivity contribution in [3.05, 3.63) is 59.7 Å². The van der Waals surface area contributed by atoms with Crippen LogP contribution in [0.2, 0.25) is 0 Å². The molecule has 0 saturated carbocycles. The number of ether oxygens (including phenoxy) is 3. The topological polar surface area (TPSA) is 73.9 Å². The van der Waals surface area contributed by atoms with E-state index in [2.05, 4.69) is 19.2 Å². The molecule has 0 spiro atoms. The maximum absolute atomic E-state index is 12.6. The number of carbonyl (C=O) groups excluding carboxylic acids is 2. The number of amides is 1. The van der Waals surface area contributed by atoms with E-state index in [9.17, 15) is 9.59 Å². The van der Waals surface area contributed by atoms with Crippen LogP contribution in [0.1, 0.15) is 43.1 Å². The third kappa shape index (κ3) is 7.28. The lowest BCUT2D eigenvalue weighted by Crippen LogP contribution is -2.12. The van der Waals surface area contributed by atoms with Crippen LogP contribution in [0.5, 0.6) is 11.5 Å². The average molecular weight is 411 g/mol. The zero-order valence-corrected chi connectivity index (χ0v) is 17.9. The first-order valence-corrected chi connectivity index (χ1v) is 10.00. The first-order valence-electron chi connectivity index (χ1n) is 10.00. The molecule has 0 radical (unpaired) electrons. The van der Waals surface area contributed by atoms with Crippen LogP contribution in [0.15, 0.2) is 48.5 Å². The fraction of sp³-hybridized carbons (Fsp3) is 0.333. The number of nitrogens with one attached hydrogen (secondary N) is 1. The molecule has 2 rings (SSSR count). The molecule has 0 saturated heterocycles. The number of carbonyl (C=O) groups is 2. The lowest BCUT2D eigenvalue weighted by molar-refractivity contribution is -0.137. The Balaban J connectivity index is 2.00. The summed E-state index contributed by atoms with van der Waals surface area (Å²) in [7, 11) is 1.55. The van der Waals surface area contributed by atoms with Gasteiger partial charge in [-0.2, -0.15) is 0 Å². The van der Waals surface area contributed by atoms with Crippen molar-refractivity contribution in [2.45, 2.75) is 27.2 Å². The summed E-state index contributed by atoms with van der Waals surface area (Å²) in [6.07, 6.45) is 3.97. The van der Waals surface area contributed by atoms with E-state index in [1.54, 1.807) is 62.6 Å². The van der Waals surface area contributed by atoms with E-state index in [0.717, 1.165) is 12.0 Å². The highest BCUT2D eigenvalue weighted by atomic mass is 16.5. The Kier molecular flexibility index (Phi) is 8.94. The van der Waals surface area contributed by atoms with Gasteiger partial charge in [-0.1, -0.05) is 26.0 Å². The normalized spacial score (nSPS) is 10.8. The third-order valence-electron chi connectivity index (χ3n) is 4.25. The lowest BCUT2D eigenvalue weighted by Gasteiger charge is -2.13. The molecule has 2 aromatic carbocycles. The molecule has 6 nitrogen and oxygen atoms in total. The molecule has 1 N–H and O–H groups in total. The molecule has 0 fully saturated rings. The van der Waals surface area contributed by atoms with E-state index in [1.165, 1.54) is 6.08 Å². The Hall–Kier alpha value is -3.28. The van der Waals surface area contributed by atoms with Crippen LogP contribution in [0.25, 0.3) is 6.08 Å². The molecule has 0 heterocycles.